The highest BCUT2D eigenvalue weighted by Crippen LogP contribution is 2.13. The zero-order valence-electron chi connectivity index (χ0n) is 16.9. The van der Waals surface area contributed by atoms with Gasteiger partial charge in [0.1, 0.15) is 5.60 Å². The van der Waals surface area contributed by atoms with Gasteiger partial charge in [0.15, 0.2) is 0 Å². The summed E-state index contributed by atoms with van der Waals surface area (Å²) in [5.41, 5.74) is -0.569. The third kappa shape index (κ3) is 6.95. The molecule has 2 heterocycles. The number of nitrogens with one attached hydrogen (secondary N) is 3. The first-order chi connectivity index (χ1) is 12.5. The van der Waals surface area contributed by atoms with Crippen LogP contribution in [0.3, 0.4) is 0 Å². The molecule has 154 valence electrons. The molecule has 0 radical (unpaired) electrons. The van der Waals surface area contributed by atoms with Crippen molar-refractivity contribution in [3.8, 4) is 0 Å². The molecule has 0 bridgehead atoms. The fraction of sp³-hybridized carbons (Fsp3) is 0.765. The van der Waals surface area contributed by atoms with E-state index in [0.717, 1.165) is 17.7 Å². The van der Waals surface area contributed by atoms with E-state index in [9.17, 15) is 19.2 Å². The van der Waals surface area contributed by atoms with Gasteiger partial charge in [-0.25, -0.2) is 29.0 Å². The van der Waals surface area contributed by atoms with E-state index in [2.05, 4.69) is 16.0 Å². The molecule has 10 heteroatoms. The van der Waals surface area contributed by atoms with Gasteiger partial charge in [-0.2, -0.15) is 0 Å². The van der Waals surface area contributed by atoms with Crippen LogP contribution in [0.1, 0.15) is 47.5 Å². The second-order valence-electron chi connectivity index (χ2n) is 7.57. The van der Waals surface area contributed by atoms with Crippen molar-refractivity contribution in [1.82, 2.24) is 25.8 Å². The van der Waals surface area contributed by atoms with Crippen LogP contribution >= 0.6 is 0 Å². The van der Waals surface area contributed by atoms with Crippen LogP contribution in [0, 0.1) is 0 Å². The minimum atomic E-state index is -0.577. The van der Waals surface area contributed by atoms with Crippen molar-refractivity contribution in [2.45, 2.75) is 65.1 Å². The van der Waals surface area contributed by atoms with Crippen LogP contribution in [-0.2, 0) is 4.74 Å². The summed E-state index contributed by atoms with van der Waals surface area (Å²) in [6.07, 6.45) is 0.983. The number of carbonyl (C=O) groups excluding carboxylic acids is 4. The van der Waals surface area contributed by atoms with Crippen molar-refractivity contribution < 1.29 is 23.9 Å². The van der Waals surface area contributed by atoms with Crippen LogP contribution in [-0.4, -0.2) is 71.8 Å². The Morgan fingerprint density at radius 3 is 2.26 bits per heavy atom. The number of amides is 7. The van der Waals surface area contributed by atoms with Gasteiger partial charge in [-0.3, -0.25) is 0 Å². The Bertz CT molecular complexity index is 567. The van der Waals surface area contributed by atoms with E-state index in [1.807, 2.05) is 13.8 Å². The summed E-state index contributed by atoms with van der Waals surface area (Å²) in [5.74, 6) is 0. The molecule has 2 aliphatic rings. The summed E-state index contributed by atoms with van der Waals surface area (Å²) in [6.45, 7) is 10.1. The number of hydrogen-bond acceptors (Lipinski definition) is 5. The maximum absolute atomic E-state index is 11.6. The zero-order valence-corrected chi connectivity index (χ0v) is 16.9. The van der Waals surface area contributed by atoms with E-state index in [4.69, 9.17) is 4.74 Å². The van der Waals surface area contributed by atoms with Crippen molar-refractivity contribution in [3.05, 3.63) is 0 Å². The van der Waals surface area contributed by atoms with Crippen molar-refractivity contribution in [2.24, 2.45) is 0 Å². The van der Waals surface area contributed by atoms with E-state index >= 15 is 0 Å². The molecule has 0 aromatic carbocycles. The topological polar surface area (TPSA) is 120 Å². The molecule has 10 nitrogen and oxygen atoms in total. The van der Waals surface area contributed by atoms with Crippen LogP contribution in [0.15, 0.2) is 0 Å². The Kier molecular flexibility index (Phi) is 7.86. The van der Waals surface area contributed by atoms with Gasteiger partial charge in [-0.15, -0.1) is 0 Å². The second kappa shape index (κ2) is 9.43. The first-order valence-corrected chi connectivity index (χ1v) is 9.06. The number of urea groups is 3. The number of hydrogen-bond donors (Lipinski definition) is 3. The highest BCUT2D eigenvalue weighted by Gasteiger charge is 2.31. The average Bonchev–Trinajstić information content (AvgIpc) is 2.53. The van der Waals surface area contributed by atoms with E-state index in [1.165, 1.54) is 11.9 Å². The lowest BCUT2D eigenvalue weighted by molar-refractivity contribution is 0.0293. The lowest BCUT2D eigenvalue weighted by Crippen LogP contribution is -2.56. The van der Waals surface area contributed by atoms with Crippen LogP contribution in [0.25, 0.3) is 0 Å². The summed E-state index contributed by atoms with van der Waals surface area (Å²) in [6, 6.07) is -0.925. The molecule has 2 fully saturated rings. The molecule has 2 atom stereocenters. The molecular weight excluding hydrogens is 354 g/mol. The Balaban J connectivity index is 0.000000277. The Labute approximate surface area is 160 Å². The summed E-state index contributed by atoms with van der Waals surface area (Å²) in [4.78, 5) is 47.6. The molecule has 7 amide bonds. The number of ether oxygens (including phenoxy) is 1. The Hall–Kier alpha value is -2.52. The minimum Gasteiger partial charge on any atom is -0.443 e. The molecule has 3 N–H and O–H groups in total. The predicted octanol–water partition coefficient (Wildman–Crippen LogP) is 1.85. The molecule has 2 aliphatic heterocycles. The smallest absolute Gasteiger partial charge is 0.418 e. The molecule has 2 saturated heterocycles. The van der Waals surface area contributed by atoms with Crippen LogP contribution in [0.2, 0.25) is 0 Å². The lowest BCUT2D eigenvalue weighted by atomic mass is 10.2. The highest BCUT2D eigenvalue weighted by molar-refractivity contribution is 5.94. The Morgan fingerprint density at radius 2 is 1.78 bits per heavy atom. The normalized spacial score (nSPS) is 22.7. The quantitative estimate of drug-likeness (QED) is 0.588. The third-order valence-electron chi connectivity index (χ3n) is 3.95. The molecule has 0 aliphatic carbocycles. The van der Waals surface area contributed by atoms with E-state index in [0.29, 0.717) is 13.1 Å². The summed E-state index contributed by atoms with van der Waals surface area (Å²) >= 11 is 0. The molecular formula is C17H31N5O5. The summed E-state index contributed by atoms with van der Waals surface area (Å²) in [5, 5.41) is 7.71. The number of carbonyl (C=O) groups is 4. The largest absolute Gasteiger partial charge is 0.443 e. The van der Waals surface area contributed by atoms with Gasteiger partial charge >= 0.3 is 24.2 Å². The van der Waals surface area contributed by atoms with Gasteiger partial charge in [-0.1, -0.05) is 0 Å². The fourth-order valence-electron chi connectivity index (χ4n) is 2.49. The number of nitrogens with zero attached hydrogens (tertiary/aromatic N) is 2. The van der Waals surface area contributed by atoms with E-state index in [-0.39, 0.29) is 30.2 Å². The molecule has 27 heavy (non-hydrogen) atoms. The van der Waals surface area contributed by atoms with Gasteiger partial charge in [-0.05, 0) is 47.5 Å². The van der Waals surface area contributed by atoms with Crippen molar-refractivity contribution in [2.75, 3.05) is 20.1 Å². The molecule has 0 aromatic heterocycles. The summed E-state index contributed by atoms with van der Waals surface area (Å²) in [7, 11) is 1.51. The highest BCUT2D eigenvalue weighted by atomic mass is 16.6. The molecule has 0 saturated carbocycles. The van der Waals surface area contributed by atoms with Crippen molar-refractivity contribution in [1.29, 1.82) is 0 Å². The molecule has 2 unspecified atom stereocenters. The van der Waals surface area contributed by atoms with E-state index in [1.54, 1.807) is 20.8 Å². The number of imide groups is 2. The van der Waals surface area contributed by atoms with Crippen LogP contribution in [0.4, 0.5) is 19.2 Å². The molecule has 2 rings (SSSR count). The average molecular weight is 385 g/mol. The first kappa shape index (κ1) is 22.5. The summed E-state index contributed by atoms with van der Waals surface area (Å²) < 4.78 is 5.11. The Morgan fingerprint density at radius 1 is 1.15 bits per heavy atom. The molecule has 0 spiro atoms. The maximum Gasteiger partial charge on any atom is 0.418 e. The second-order valence-corrected chi connectivity index (χ2v) is 7.57. The standard InChI is InChI=1S/C10H18N2O3.C7H13N3O2/c1-7-5-6-12(8(13)11-7)9(14)15-10(2,3)4;1-5-3-4-9-7(12)10(5)6(11)8-2/h7H,5-6H2,1-4H3,(H,11,13);5H,3-4H2,1-2H3,(H,8,11)(H,9,12). The van der Waals surface area contributed by atoms with Gasteiger partial charge in [0.05, 0.1) is 0 Å². The minimum absolute atomic E-state index is 0.0151. The predicted molar refractivity (Wildman–Crippen MR) is 99.3 cm³/mol. The van der Waals surface area contributed by atoms with Crippen molar-refractivity contribution >= 4 is 24.2 Å². The van der Waals surface area contributed by atoms with Crippen molar-refractivity contribution in [3.63, 3.8) is 0 Å². The SMILES string of the molecule is CC1CCN(C(=O)OC(C)(C)C)C(=O)N1.CNC(=O)N1C(=O)NCCC1C. The first-order valence-electron chi connectivity index (χ1n) is 9.06. The van der Waals surface area contributed by atoms with Gasteiger partial charge in [0, 0.05) is 32.2 Å². The third-order valence-corrected chi connectivity index (χ3v) is 3.95. The van der Waals surface area contributed by atoms with Crippen LogP contribution in [0.5, 0.6) is 0 Å². The fourth-order valence-corrected chi connectivity index (χ4v) is 2.49. The number of rotatable bonds is 0. The maximum atomic E-state index is 11.6. The van der Waals surface area contributed by atoms with E-state index < -0.39 is 11.7 Å². The zero-order chi connectivity index (χ0) is 20.8. The van der Waals surface area contributed by atoms with Gasteiger partial charge in [0.2, 0.25) is 0 Å². The molecule has 0 aromatic rings. The lowest BCUT2D eigenvalue weighted by Gasteiger charge is -2.31. The van der Waals surface area contributed by atoms with Gasteiger partial charge in [0.25, 0.3) is 0 Å². The van der Waals surface area contributed by atoms with Crippen LogP contribution < -0.4 is 16.0 Å². The van der Waals surface area contributed by atoms with Gasteiger partial charge < -0.3 is 20.7 Å². The monoisotopic (exact) mass is 385 g/mol.